The molecule has 0 bridgehead atoms. The number of pyridine rings is 1. The van der Waals surface area contributed by atoms with Crippen molar-refractivity contribution in [1.29, 1.82) is 0 Å². The van der Waals surface area contributed by atoms with E-state index in [1.54, 1.807) is 0 Å². The van der Waals surface area contributed by atoms with Crippen LogP contribution >= 0.6 is 0 Å². The van der Waals surface area contributed by atoms with Crippen LogP contribution in [0.5, 0.6) is 5.75 Å². The van der Waals surface area contributed by atoms with E-state index in [1.165, 1.54) is 10.9 Å². The molecule has 0 unspecified atom stereocenters. The van der Waals surface area contributed by atoms with Crippen LogP contribution in [-0.4, -0.2) is 34.9 Å². The van der Waals surface area contributed by atoms with Crippen LogP contribution in [0, 0.1) is 0 Å². The molecular formula is C26H25N5O. The standard InChI is InChI=1S/C26H25N5O/c1-2-4-24-18(3-1)13-25(30-24)26-23-12-17(5-6-19(23)15-29-31-26)20-11-22(16-28-14-20)32-21-7-9-27-10-8-21/h1-6,11-14,16,21,27,29-30H,7-10,15H2. The fraction of sp³-hybridized carbons (Fsp3) is 0.231. The maximum absolute atomic E-state index is 6.21. The van der Waals surface area contributed by atoms with E-state index < -0.39 is 0 Å². The Morgan fingerprint density at radius 3 is 2.72 bits per heavy atom. The predicted molar refractivity (Wildman–Crippen MR) is 127 cm³/mol. The molecule has 6 rings (SSSR count). The number of ether oxygens (including phenoxy) is 1. The van der Waals surface area contributed by atoms with E-state index in [-0.39, 0.29) is 6.10 Å². The molecular weight excluding hydrogens is 398 g/mol. The third-order valence-corrected chi connectivity index (χ3v) is 6.25. The molecule has 0 radical (unpaired) electrons. The van der Waals surface area contributed by atoms with Gasteiger partial charge in [-0.1, -0.05) is 30.3 Å². The lowest BCUT2D eigenvalue weighted by Gasteiger charge is -2.24. The van der Waals surface area contributed by atoms with Crippen LogP contribution < -0.4 is 15.5 Å². The molecule has 6 heteroatoms. The van der Waals surface area contributed by atoms with E-state index in [2.05, 4.69) is 74.3 Å². The fourth-order valence-electron chi connectivity index (χ4n) is 4.55. The number of benzene rings is 2. The predicted octanol–water partition coefficient (Wildman–Crippen LogP) is 4.22. The zero-order chi connectivity index (χ0) is 21.3. The molecule has 0 atom stereocenters. The molecule has 0 aliphatic carbocycles. The molecule has 3 N–H and O–H groups in total. The normalized spacial score (nSPS) is 16.3. The smallest absolute Gasteiger partial charge is 0.138 e. The summed E-state index contributed by atoms with van der Waals surface area (Å²) in [4.78, 5) is 7.97. The van der Waals surface area contributed by atoms with E-state index in [9.17, 15) is 0 Å². The lowest BCUT2D eigenvalue weighted by atomic mass is 9.95. The van der Waals surface area contributed by atoms with Gasteiger partial charge in [0.05, 0.1) is 18.4 Å². The second-order valence-corrected chi connectivity index (χ2v) is 8.41. The summed E-state index contributed by atoms with van der Waals surface area (Å²) >= 11 is 0. The average molecular weight is 424 g/mol. The van der Waals surface area contributed by atoms with Crippen molar-refractivity contribution in [3.05, 3.63) is 83.8 Å². The average Bonchev–Trinajstić information content (AvgIpc) is 3.28. The molecule has 6 nitrogen and oxygen atoms in total. The van der Waals surface area contributed by atoms with Crippen molar-refractivity contribution < 1.29 is 4.74 Å². The van der Waals surface area contributed by atoms with Gasteiger partial charge in [0.15, 0.2) is 0 Å². The Balaban J connectivity index is 1.34. The van der Waals surface area contributed by atoms with Gasteiger partial charge >= 0.3 is 0 Å². The summed E-state index contributed by atoms with van der Waals surface area (Å²) in [7, 11) is 0. The van der Waals surface area contributed by atoms with Crippen LogP contribution in [0.2, 0.25) is 0 Å². The highest BCUT2D eigenvalue weighted by Gasteiger charge is 2.19. The van der Waals surface area contributed by atoms with Crippen molar-refractivity contribution in [2.45, 2.75) is 25.5 Å². The second-order valence-electron chi connectivity index (χ2n) is 8.41. The quantitative estimate of drug-likeness (QED) is 0.460. The maximum atomic E-state index is 6.21. The topological polar surface area (TPSA) is 74.3 Å². The van der Waals surface area contributed by atoms with Crippen LogP contribution in [-0.2, 0) is 6.54 Å². The summed E-state index contributed by atoms with van der Waals surface area (Å²) in [6.07, 6.45) is 6.02. The van der Waals surface area contributed by atoms with Crippen LogP contribution in [0.3, 0.4) is 0 Å². The van der Waals surface area contributed by atoms with Gasteiger partial charge in [0, 0.05) is 28.2 Å². The SMILES string of the molecule is c1ccc2[nH]c(C3=NNCc4ccc(-c5cncc(OC6CCNCC6)c5)cc43)cc2c1. The minimum atomic E-state index is 0.253. The molecule has 2 aromatic carbocycles. The Hall–Kier alpha value is -3.64. The molecule has 1 saturated heterocycles. The molecule has 2 aliphatic rings. The Kier molecular flexibility index (Phi) is 4.85. The zero-order valence-electron chi connectivity index (χ0n) is 17.8. The minimum Gasteiger partial charge on any atom is -0.489 e. The fourth-order valence-corrected chi connectivity index (χ4v) is 4.55. The number of fused-ring (bicyclic) bond motifs is 2. The molecule has 32 heavy (non-hydrogen) atoms. The molecule has 1 fully saturated rings. The number of piperidine rings is 1. The molecule has 0 spiro atoms. The highest BCUT2D eigenvalue weighted by molar-refractivity contribution is 6.15. The number of hydrogen-bond acceptors (Lipinski definition) is 5. The van der Waals surface area contributed by atoms with E-state index in [4.69, 9.17) is 4.74 Å². The van der Waals surface area contributed by atoms with E-state index in [1.807, 2.05) is 18.5 Å². The van der Waals surface area contributed by atoms with Crippen molar-refractivity contribution in [2.24, 2.45) is 5.10 Å². The molecule has 4 heterocycles. The van der Waals surface area contributed by atoms with Gasteiger partial charge < -0.3 is 20.5 Å². The van der Waals surface area contributed by atoms with Crippen molar-refractivity contribution in [3.63, 3.8) is 0 Å². The molecule has 0 amide bonds. The number of hydrogen-bond donors (Lipinski definition) is 3. The van der Waals surface area contributed by atoms with Gasteiger partial charge in [-0.3, -0.25) is 4.98 Å². The Morgan fingerprint density at radius 1 is 0.906 bits per heavy atom. The van der Waals surface area contributed by atoms with Gasteiger partial charge in [-0.05, 0) is 61.3 Å². The lowest BCUT2D eigenvalue weighted by Crippen LogP contribution is -2.34. The lowest BCUT2D eigenvalue weighted by molar-refractivity contribution is 0.162. The Morgan fingerprint density at radius 2 is 1.81 bits per heavy atom. The first-order valence-electron chi connectivity index (χ1n) is 11.2. The van der Waals surface area contributed by atoms with E-state index in [0.29, 0.717) is 0 Å². The number of nitrogens with one attached hydrogen (secondary N) is 3. The van der Waals surface area contributed by atoms with Crippen LogP contribution in [0.4, 0.5) is 0 Å². The number of hydrazone groups is 1. The van der Waals surface area contributed by atoms with Crippen molar-refractivity contribution in [3.8, 4) is 16.9 Å². The summed E-state index contributed by atoms with van der Waals surface area (Å²) in [5.74, 6) is 0.832. The van der Waals surface area contributed by atoms with Crippen LogP contribution in [0.15, 0.2) is 72.1 Å². The van der Waals surface area contributed by atoms with Crippen molar-refractivity contribution in [2.75, 3.05) is 13.1 Å². The number of rotatable bonds is 4. The maximum Gasteiger partial charge on any atom is 0.138 e. The van der Waals surface area contributed by atoms with Crippen molar-refractivity contribution >= 4 is 16.6 Å². The monoisotopic (exact) mass is 423 g/mol. The summed E-state index contributed by atoms with van der Waals surface area (Å²) < 4.78 is 6.21. The first-order chi connectivity index (χ1) is 15.8. The van der Waals surface area contributed by atoms with Gasteiger partial charge in [-0.25, -0.2) is 0 Å². The highest BCUT2D eigenvalue weighted by atomic mass is 16.5. The van der Waals surface area contributed by atoms with Gasteiger partial charge in [-0.15, -0.1) is 0 Å². The second kappa shape index (κ2) is 8.13. The summed E-state index contributed by atoms with van der Waals surface area (Å²) in [6, 6.07) is 19.1. The van der Waals surface area contributed by atoms with Crippen LogP contribution in [0.1, 0.15) is 29.7 Å². The van der Waals surface area contributed by atoms with Gasteiger partial charge in [0.2, 0.25) is 0 Å². The highest BCUT2D eigenvalue weighted by Crippen LogP contribution is 2.29. The number of aromatic amines is 1. The molecule has 2 aliphatic heterocycles. The number of nitrogens with zero attached hydrogens (tertiary/aromatic N) is 2. The van der Waals surface area contributed by atoms with Gasteiger partial charge in [0.25, 0.3) is 0 Å². The number of H-pyrrole nitrogens is 1. The van der Waals surface area contributed by atoms with Crippen molar-refractivity contribution in [1.82, 2.24) is 20.7 Å². The summed E-state index contributed by atoms with van der Waals surface area (Å²) in [5, 5.41) is 9.21. The molecule has 4 aromatic rings. The third kappa shape index (κ3) is 3.63. The van der Waals surface area contributed by atoms with E-state index in [0.717, 1.165) is 71.8 Å². The molecule has 160 valence electrons. The van der Waals surface area contributed by atoms with Gasteiger partial charge in [-0.2, -0.15) is 5.10 Å². The Bertz CT molecular complexity index is 1270. The largest absolute Gasteiger partial charge is 0.489 e. The Labute approximate surface area is 186 Å². The van der Waals surface area contributed by atoms with Gasteiger partial charge in [0.1, 0.15) is 17.6 Å². The minimum absolute atomic E-state index is 0.253. The first-order valence-corrected chi connectivity index (χ1v) is 11.2. The van der Waals surface area contributed by atoms with Crippen LogP contribution in [0.25, 0.3) is 22.0 Å². The molecule has 0 saturated carbocycles. The molecule has 2 aromatic heterocycles. The third-order valence-electron chi connectivity index (χ3n) is 6.25. The number of para-hydroxylation sites is 1. The summed E-state index contributed by atoms with van der Waals surface area (Å²) in [5.41, 5.74) is 10.8. The number of aromatic nitrogens is 2. The first kappa shape index (κ1) is 19.1. The zero-order valence-corrected chi connectivity index (χ0v) is 17.8. The summed E-state index contributed by atoms with van der Waals surface area (Å²) in [6.45, 7) is 2.73. The van der Waals surface area contributed by atoms with E-state index >= 15 is 0 Å².